The molecule has 10 heteroatoms. The zero-order valence-electron chi connectivity index (χ0n) is 9.04. The number of alkyl halides is 8. The van der Waals surface area contributed by atoms with E-state index < -0.39 is 41.0 Å². The fourth-order valence-electron chi connectivity index (χ4n) is 1.25. The smallest absolute Gasteiger partial charge is 0.287 e. The standard InChI is InChI=1S/C10H3F9O/c11-4-1-2-5(6(3-4)9(14,15)16)7(20)8(12,13)10(17,18)19/h1-3H. The van der Waals surface area contributed by atoms with Gasteiger partial charge in [0, 0.05) is 5.56 Å². The van der Waals surface area contributed by atoms with Crippen LogP contribution in [-0.2, 0) is 6.18 Å². The molecule has 1 aromatic carbocycles. The number of ketones is 1. The van der Waals surface area contributed by atoms with Crippen molar-refractivity contribution in [1.82, 2.24) is 0 Å². The van der Waals surface area contributed by atoms with E-state index in [2.05, 4.69) is 0 Å². The number of Topliss-reactive ketones (excluding diaryl/α,β-unsaturated/α-hetero) is 1. The first kappa shape index (κ1) is 16.3. The van der Waals surface area contributed by atoms with Crippen molar-refractivity contribution in [3.8, 4) is 0 Å². The van der Waals surface area contributed by atoms with E-state index in [0.717, 1.165) is 0 Å². The highest BCUT2D eigenvalue weighted by atomic mass is 19.4. The summed E-state index contributed by atoms with van der Waals surface area (Å²) in [6.45, 7) is 0. The van der Waals surface area contributed by atoms with Crippen LogP contribution in [0.4, 0.5) is 39.5 Å². The highest BCUT2D eigenvalue weighted by molar-refractivity contribution is 6.03. The second-order valence-corrected chi connectivity index (χ2v) is 3.59. The van der Waals surface area contributed by atoms with Crippen LogP contribution in [0.2, 0.25) is 0 Å². The summed E-state index contributed by atoms with van der Waals surface area (Å²) in [5, 5.41) is 0. The van der Waals surface area contributed by atoms with Crippen molar-refractivity contribution in [2.24, 2.45) is 0 Å². The van der Waals surface area contributed by atoms with Crippen molar-refractivity contribution >= 4 is 5.78 Å². The summed E-state index contributed by atoms with van der Waals surface area (Å²) in [6.07, 6.45) is -11.8. The first-order chi connectivity index (χ1) is 8.78. The molecule has 1 rings (SSSR count). The Morgan fingerprint density at radius 3 is 1.80 bits per heavy atom. The van der Waals surface area contributed by atoms with Crippen molar-refractivity contribution in [1.29, 1.82) is 0 Å². The molecule has 0 saturated carbocycles. The zero-order chi connectivity index (χ0) is 15.9. The second-order valence-electron chi connectivity index (χ2n) is 3.59. The molecule has 0 unspecified atom stereocenters. The van der Waals surface area contributed by atoms with E-state index in [4.69, 9.17) is 0 Å². The summed E-state index contributed by atoms with van der Waals surface area (Å²) in [6, 6.07) is -0.227. The van der Waals surface area contributed by atoms with E-state index in [0.29, 0.717) is 0 Å². The zero-order valence-corrected chi connectivity index (χ0v) is 9.04. The van der Waals surface area contributed by atoms with Crippen molar-refractivity contribution in [3.63, 3.8) is 0 Å². The van der Waals surface area contributed by atoms with E-state index in [-0.39, 0.29) is 18.2 Å². The normalized spacial score (nSPS) is 13.4. The fraction of sp³-hybridized carbons (Fsp3) is 0.300. The Morgan fingerprint density at radius 2 is 1.40 bits per heavy atom. The second kappa shape index (κ2) is 4.67. The lowest BCUT2D eigenvalue weighted by atomic mass is 9.98. The summed E-state index contributed by atoms with van der Waals surface area (Å²) in [4.78, 5) is 11.0. The molecule has 0 aromatic heterocycles. The summed E-state index contributed by atoms with van der Waals surface area (Å²) in [5.41, 5.74) is -4.16. The van der Waals surface area contributed by atoms with E-state index in [9.17, 15) is 44.3 Å². The number of benzene rings is 1. The van der Waals surface area contributed by atoms with E-state index in [1.807, 2.05) is 0 Å². The van der Waals surface area contributed by atoms with Crippen molar-refractivity contribution in [2.75, 3.05) is 0 Å². The molecule has 0 saturated heterocycles. The SMILES string of the molecule is O=C(c1ccc(F)cc1C(F)(F)F)C(F)(F)C(F)(F)F. The predicted molar refractivity (Wildman–Crippen MR) is 46.7 cm³/mol. The molecule has 0 atom stereocenters. The molecule has 0 fully saturated rings. The summed E-state index contributed by atoms with van der Waals surface area (Å²) in [5.74, 6) is -10.6. The van der Waals surface area contributed by atoms with Gasteiger partial charge < -0.3 is 0 Å². The van der Waals surface area contributed by atoms with E-state index >= 15 is 0 Å². The highest BCUT2D eigenvalue weighted by Gasteiger charge is 2.64. The van der Waals surface area contributed by atoms with Crippen LogP contribution < -0.4 is 0 Å². The monoisotopic (exact) mass is 310 g/mol. The van der Waals surface area contributed by atoms with Crippen LogP contribution >= 0.6 is 0 Å². The summed E-state index contributed by atoms with van der Waals surface area (Å²) in [7, 11) is 0. The van der Waals surface area contributed by atoms with Gasteiger partial charge >= 0.3 is 18.3 Å². The molecule has 1 aromatic rings. The quantitative estimate of drug-likeness (QED) is 0.590. The van der Waals surface area contributed by atoms with Crippen LogP contribution in [-0.4, -0.2) is 17.9 Å². The lowest BCUT2D eigenvalue weighted by Gasteiger charge is -2.20. The van der Waals surface area contributed by atoms with Gasteiger partial charge in [-0.2, -0.15) is 35.1 Å². The first-order valence-corrected chi connectivity index (χ1v) is 4.64. The van der Waals surface area contributed by atoms with Gasteiger partial charge in [-0.05, 0) is 18.2 Å². The number of halogens is 9. The summed E-state index contributed by atoms with van der Waals surface area (Å²) < 4.78 is 111. The largest absolute Gasteiger partial charge is 0.461 e. The van der Waals surface area contributed by atoms with Gasteiger partial charge in [-0.15, -0.1) is 0 Å². The predicted octanol–water partition coefficient (Wildman–Crippen LogP) is 4.22. The Hall–Kier alpha value is -1.74. The average molecular weight is 310 g/mol. The fourth-order valence-corrected chi connectivity index (χ4v) is 1.25. The Labute approximate surface area is 105 Å². The van der Waals surface area contributed by atoms with Gasteiger partial charge in [-0.25, -0.2) is 4.39 Å². The van der Waals surface area contributed by atoms with Crippen LogP contribution in [0, 0.1) is 5.82 Å². The third-order valence-corrected chi connectivity index (χ3v) is 2.17. The maximum Gasteiger partial charge on any atom is 0.461 e. The maximum absolute atomic E-state index is 12.7. The average Bonchev–Trinajstić information content (AvgIpc) is 2.25. The van der Waals surface area contributed by atoms with Gasteiger partial charge in [0.15, 0.2) is 0 Å². The van der Waals surface area contributed by atoms with Crippen LogP contribution in [0.5, 0.6) is 0 Å². The molecule has 0 spiro atoms. The molecule has 112 valence electrons. The molecular formula is C10H3F9O. The molecule has 0 aliphatic carbocycles. The third-order valence-electron chi connectivity index (χ3n) is 2.17. The maximum atomic E-state index is 12.7. The van der Waals surface area contributed by atoms with Crippen molar-refractivity contribution in [2.45, 2.75) is 18.3 Å². The van der Waals surface area contributed by atoms with Gasteiger partial charge in [-0.3, -0.25) is 4.79 Å². The lowest BCUT2D eigenvalue weighted by molar-refractivity contribution is -0.256. The molecule has 1 nitrogen and oxygen atoms in total. The minimum absolute atomic E-state index is 0.0693. The van der Waals surface area contributed by atoms with Crippen LogP contribution in [0.25, 0.3) is 0 Å². The molecular weight excluding hydrogens is 307 g/mol. The number of carbonyl (C=O) groups is 1. The van der Waals surface area contributed by atoms with E-state index in [1.54, 1.807) is 0 Å². The van der Waals surface area contributed by atoms with Crippen molar-refractivity contribution in [3.05, 3.63) is 35.1 Å². The van der Waals surface area contributed by atoms with Crippen LogP contribution in [0.3, 0.4) is 0 Å². The van der Waals surface area contributed by atoms with Crippen molar-refractivity contribution < 1.29 is 44.3 Å². The molecule has 0 bridgehead atoms. The van der Waals surface area contributed by atoms with Gasteiger partial charge in [0.05, 0.1) is 5.56 Å². The minimum Gasteiger partial charge on any atom is -0.287 e. The minimum atomic E-state index is -6.36. The number of rotatable bonds is 2. The molecule has 0 radical (unpaired) electrons. The van der Waals surface area contributed by atoms with Gasteiger partial charge in [0.1, 0.15) is 5.82 Å². The van der Waals surface area contributed by atoms with E-state index in [1.165, 1.54) is 0 Å². The lowest BCUT2D eigenvalue weighted by Crippen LogP contribution is -2.44. The molecule has 0 heterocycles. The van der Waals surface area contributed by atoms with Gasteiger partial charge in [0.2, 0.25) is 5.78 Å². The Morgan fingerprint density at radius 1 is 0.900 bits per heavy atom. The first-order valence-electron chi connectivity index (χ1n) is 4.64. The molecule has 0 aliphatic heterocycles. The number of hydrogen-bond donors (Lipinski definition) is 0. The molecule has 0 amide bonds. The number of hydrogen-bond acceptors (Lipinski definition) is 1. The molecule has 0 aliphatic rings. The highest BCUT2D eigenvalue weighted by Crippen LogP contribution is 2.41. The van der Waals surface area contributed by atoms with Gasteiger partial charge in [0.25, 0.3) is 0 Å². The molecule has 20 heavy (non-hydrogen) atoms. The Balaban J connectivity index is 3.45. The van der Waals surface area contributed by atoms with Gasteiger partial charge in [-0.1, -0.05) is 0 Å². The third kappa shape index (κ3) is 2.88. The molecule has 0 N–H and O–H groups in total. The summed E-state index contributed by atoms with van der Waals surface area (Å²) >= 11 is 0. The topological polar surface area (TPSA) is 17.1 Å². The Kier molecular flexibility index (Phi) is 3.81. The Bertz CT molecular complexity index is 527. The van der Waals surface area contributed by atoms with Crippen LogP contribution in [0.15, 0.2) is 18.2 Å². The van der Waals surface area contributed by atoms with Crippen LogP contribution in [0.1, 0.15) is 15.9 Å². The number of carbonyl (C=O) groups excluding carboxylic acids is 1.